The van der Waals surface area contributed by atoms with Gasteiger partial charge in [0.15, 0.2) is 10.8 Å². The zero-order valence-corrected chi connectivity index (χ0v) is 19.3. The average Bonchev–Trinajstić information content (AvgIpc) is 3.19. The normalized spacial score (nSPS) is 10.9. The largest absolute Gasteiger partial charge is 0.497 e. The van der Waals surface area contributed by atoms with Gasteiger partial charge in [-0.2, -0.15) is 5.10 Å². The molecule has 0 bridgehead atoms. The molecule has 2 aromatic carbocycles. The summed E-state index contributed by atoms with van der Waals surface area (Å²) in [5.41, 5.74) is 2.83. The number of benzene rings is 2. The van der Waals surface area contributed by atoms with Crippen molar-refractivity contribution in [1.82, 2.24) is 19.7 Å². The quantitative estimate of drug-likeness (QED) is 0.270. The van der Waals surface area contributed by atoms with Crippen molar-refractivity contribution < 1.29 is 14.3 Å². The number of ether oxygens (including phenoxy) is 2. The topological polar surface area (TPSA) is 118 Å². The van der Waals surface area contributed by atoms with E-state index in [0.29, 0.717) is 34.2 Å². The summed E-state index contributed by atoms with van der Waals surface area (Å²) in [5.74, 6) is 1.32. The molecule has 1 amide bonds. The van der Waals surface area contributed by atoms with Gasteiger partial charge in [-0.05, 0) is 50.2 Å². The number of anilines is 1. The number of hydrogen-bond acceptors (Lipinski definition) is 7. The minimum absolute atomic E-state index is 0.107. The van der Waals surface area contributed by atoms with Crippen LogP contribution >= 0.6 is 11.8 Å². The Hall–Kier alpha value is -3.79. The Morgan fingerprint density at radius 2 is 2.00 bits per heavy atom. The predicted octanol–water partition coefficient (Wildman–Crippen LogP) is 3.67. The Balaban J connectivity index is 1.64. The second-order valence-electron chi connectivity index (χ2n) is 7.12. The first-order chi connectivity index (χ1) is 16.0. The first kappa shape index (κ1) is 22.4. The number of aryl methyl sites for hydroxylation is 1. The number of carbonyl (C=O) groups excluding carboxylic acids is 1. The van der Waals surface area contributed by atoms with Gasteiger partial charge in [0.25, 0.3) is 0 Å². The summed E-state index contributed by atoms with van der Waals surface area (Å²) in [4.78, 5) is 17.2. The van der Waals surface area contributed by atoms with E-state index < -0.39 is 0 Å². The van der Waals surface area contributed by atoms with Gasteiger partial charge in [0.1, 0.15) is 17.0 Å². The van der Waals surface area contributed by atoms with E-state index in [0.717, 1.165) is 17.1 Å². The first-order valence-corrected chi connectivity index (χ1v) is 11.3. The van der Waals surface area contributed by atoms with Crippen molar-refractivity contribution in [2.24, 2.45) is 0 Å². The molecule has 0 fully saturated rings. The Morgan fingerprint density at radius 3 is 2.73 bits per heavy atom. The molecule has 9 nitrogen and oxygen atoms in total. The van der Waals surface area contributed by atoms with Crippen LogP contribution in [0.2, 0.25) is 0 Å². The number of rotatable bonds is 8. The maximum absolute atomic E-state index is 12.6. The lowest BCUT2D eigenvalue weighted by Gasteiger charge is -2.14. The van der Waals surface area contributed by atoms with Crippen LogP contribution in [0.25, 0.3) is 16.7 Å². The van der Waals surface area contributed by atoms with Gasteiger partial charge in [-0.15, -0.1) is 0 Å². The summed E-state index contributed by atoms with van der Waals surface area (Å²) in [6.07, 6.45) is 0. The lowest BCUT2D eigenvalue weighted by molar-refractivity contribution is -0.113. The molecule has 170 valence electrons. The fraction of sp³-hybridized carbons (Fsp3) is 0.217. The maximum atomic E-state index is 12.6. The van der Waals surface area contributed by atoms with Gasteiger partial charge in [0.05, 0.1) is 24.9 Å². The first-order valence-electron chi connectivity index (χ1n) is 10.3. The molecule has 0 saturated heterocycles. The highest BCUT2D eigenvalue weighted by Crippen LogP contribution is 2.24. The Morgan fingerprint density at radius 1 is 1.21 bits per heavy atom. The fourth-order valence-corrected chi connectivity index (χ4v) is 4.16. The van der Waals surface area contributed by atoms with Crippen LogP contribution in [0.4, 0.5) is 5.69 Å². The van der Waals surface area contributed by atoms with E-state index in [1.165, 1.54) is 11.8 Å². The van der Waals surface area contributed by atoms with Crippen molar-refractivity contribution in [3.8, 4) is 17.2 Å². The second kappa shape index (κ2) is 9.78. The summed E-state index contributed by atoms with van der Waals surface area (Å²) in [7, 11) is 1.58. The fourth-order valence-electron chi connectivity index (χ4n) is 3.35. The minimum atomic E-state index is -0.196. The van der Waals surface area contributed by atoms with E-state index in [9.17, 15) is 4.79 Å². The monoisotopic (exact) mass is 464 g/mol. The molecule has 33 heavy (non-hydrogen) atoms. The lowest BCUT2D eigenvalue weighted by atomic mass is 10.2. The van der Waals surface area contributed by atoms with Gasteiger partial charge >= 0.3 is 0 Å². The zero-order chi connectivity index (χ0) is 23.4. The number of nitrogens with zero attached hydrogens (tertiary/aromatic N) is 3. The summed E-state index contributed by atoms with van der Waals surface area (Å²) < 4.78 is 12.4. The number of thioether (sulfide) groups is 1. The summed E-state index contributed by atoms with van der Waals surface area (Å²) >= 11 is 1.24. The zero-order valence-electron chi connectivity index (χ0n) is 18.5. The van der Waals surface area contributed by atoms with Crippen molar-refractivity contribution in [1.29, 1.82) is 5.41 Å². The molecule has 2 heterocycles. The number of methoxy groups -OCH3 is 1. The highest BCUT2D eigenvalue weighted by molar-refractivity contribution is 7.99. The highest BCUT2D eigenvalue weighted by Gasteiger charge is 2.16. The number of carbonyl (C=O) groups is 1. The van der Waals surface area contributed by atoms with Gasteiger partial charge in [-0.25, -0.2) is 4.98 Å². The number of fused-ring (bicyclic) bond motifs is 1. The summed E-state index contributed by atoms with van der Waals surface area (Å²) in [6, 6.07) is 14.6. The lowest BCUT2D eigenvalue weighted by Crippen LogP contribution is -2.23. The molecule has 2 aromatic heterocycles. The van der Waals surface area contributed by atoms with Crippen molar-refractivity contribution in [2.45, 2.75) is 19.0 Å². The van der Waals surface area contributed by atoms with Gasteiger partial charge in [0.2, 0.25) is 5.91 Å². The third-order valence-electron chi connectivity index (χ3n) is 4.87. The van der Waals surface area contributed by atoms with Crippen LogP contribution in [0.15, 0.2) is 53.7 Å². The molecule has 4 rings (SSSR count). The van der Waals surface area contributed by atoms with Crippen molar-refractivity contribution >= 4 is 34.4 Å². The van der Waals surface area contributed by atoms with Crippen LogP contribution in [0.3, 0.4) is 0 Å². The molecule has 0 saturated carbocycles. The smallest absolute Gasteiger partial charge is 0.234 e. The highest BCUT2D eigenvalue weighted by atomic mass is 32.2. The molecular formula is C23H24N6O3S. The molecule has 3 N–H and O–H groups in total. The van der Waals surface area contributed by atoms with Crippen molar-refractivity contribution in [3.05, 3.63) is 59.7 Å². The number of H-pyrrole nitrogens is 1. The summed E-state index contributed by atoms with van der Waals surface area (Å²) in [5, 5.41) is 19.9. The number of aromatic nitrogens is 4. The molecule has 4 aromatic rings. The number of hydrogen-bond donors (Lipinski definition) is 3. The Bertz CT molecular complexity index is 1350. The molecule has 0 spiro atoms. The standard InChI is InChI=1S/C23H24N6O3S/c1-4-32-17-10-8-16(9-11-17)29-21(24)20-14(2)27-28-22(20)26-23(29)33-13-19(30)25-15-6-5-7-18(12-15)31-3/h5-12,24H,4,13H2,1-3H3,(H,25,30)(H,27,28). The van der Waals surface area contributed by atoms with E-state index in [4.69, 9.17) is 14.9 Å². The van der Waals surface area contributed by atoms with Crippen LogP contribution in [0.5, 0.6) is 11.5 Å². The number of aromatic amines is 1. The molecule has 0 unspecified atom stereocenters. The van der Waals surface area contributed by atoms with E-state index in [1.54, 1.807) is 23.8 Å². The SMILES string of the molecule is CCOc1ccc(-n2c(SCC(=O)Nc3cccc(OC)c3)nc3n[nH]c(C)c3c2=N)cc1. The van der Waals surface area contributed by atoms with Crippen LogP contribution in [-0.4, -0.2) is 45.1 Å². The van der Waals surface area contributed by atoms with Crippen molar-refractivity contribution in [2.75, 3.05) is 24.8 Å². The van der Waals surface area contributed by atoms with Gasteiger partial charge in [-0.3, -0.25) is 19.9 Å². The van der Waals surface area contributed by atoms with E-state index in [-0.39, 0.29) is 17.1 Å². The Labute approximate surface area is 194 Å². The van der Waals surface area contributed by atoms with Crippen molar-refractivity contribution in [3.63, 3.8) is 0 Å². The molecule has 0 aliphatic carbocycles. The average molecular weight is 465 g/mol. The number of nitrogens with one attached hydrogen (secondary N) is 3. The van der Waals surface area contributed by atoms with Crippen LogP contribution in [0, 0.1) is 12.3 Å². The Kier molecular flexibility index (Phi) is 6.64. The number of amides is 1. The minimum Gasteiger partial charge on any atom is -0.497 e. The third kappa shape index (κ3) is 4.85. The molecule has 10 heteroatoms. The molecule has 0 aliphatic heterocycles. The van der Waals surface area contributed by atoms with Crippen LogP contribution < -0.4 is 20.3 Å². The van der Waals surface area contributed by atoms with Crippen LogP contribution in [-0.2, 0) is 4.79 Å². The summed E-state index contributed by atoms with van der Waals surface area (Å²) in [6.45, 7) is 4.35. The van der Waals surface area contributed by atoms with E-state index in [2.05, 4.69) is 20.5 Å². The molecular weight excluding hydrogens is 440 g/mol. The van der Waals surface area contributed by atoms with Crippen LogP contribution in [0.1, 0.15) is 12.6 Å². The molecule has 0 radical (unpaired) electrons. The van der Waals surface area contributed by atoms with Gasteiger partial charge in [0, 0.05) is 23.1 Å². The third-order valence-corrected chi connectivity index (χ3v) is 5.81. The van der Waals surface area contributed by atoms with Gasteiger partial charge in [-0.1, -0.05) is 17.8 Å². The maximum Gasteiger partial charge on any atom is 0.234 e. The molecule has 0 aliphatic rings. The van der Waals surface area contributed by atoms with E-state index >= 15 is 0 Å². The predicted molar refractivity (Wildman–Crippen MR) is 127 cm³/mol. The second-order valence-corrected chi connectivity index (χ2v) is 8.06. The molecule has 0 atom stereocenters. The van der Waals surface area contributed by atoms with Gasteiger partial charge < -0.3 is 14.8 Å². The van der Waals surface area contributed by atoms with E-state index in [1.807, 2.05) is 50.2 Å².